The van der Waals surface area contributed by atoms with Crippen molar-refractivity contribution in [2.24, 2.45) is 5.73 Å². The first-order chi connectivity index (χ1) is 12.8. The van der Waals surface area contributed by atoms with Crippen LogP contribution in [0.15, 0.2) is 54.2 Å². The minimum absolute atomic E-state index is 0.0189. The lowest BCUT2D eigenvalue weighted by molar-refractivity contribution is -0.384. The molecule has 9 nitrogen and oxygen atoms in total. The molecule has 0 aliphatic carbocycles. The minimum atomic E-state index is -0.844. The number of hydrogen-bond acceptors (Lipinski definition) is 6. The average molecular weight is 386 g/mol. The van der Waals surface area contributed by atoms with Crippen molar-refractivity contribution >= 4 is 40.5 Å². The number of nitro benzene ring substituents is 1. The number of carbonyl (C=O) groups is 2. The molecule has 2 aromatic carbocycles. The highest BCUT2D eigenvalue weighted by atomic mass is 35.5. The number of hydrogen-bond donors (Lipinski definition) is 3. The summed E-state index contributed by atoms with van der Waals surface area (Å²) < 4.78 is 0. The number of benzene rings is 2. The molecular weight excluding hydrogens is 374 g/mol. The van der Waals surface area contributed by atoms with Crippen LogP contribution in [0.4, 0.5) is 17.1 Å². The highest BCUT2D eigenvalue weighted by Crippen LogP contribution is 2.27. The lowest BCUT2D eigenvalue weighted by Gasteiger charge is -2.08. The molecule has 2 aromatic rings. The molecule has 0 aliphatic rings. The van der Waals surface area contributed by atoms with Gasteiger partial charge in [0.05, 0.1) is 26.9 Å². The number of carbonyl (C=O) groups excluding carboxylic acids is 2. The summed E-state index contributed by atoms with van der Waals surface area (Å²) in [5.74, 6) is -1.53. The smallest absolute Gasteiger partial charge is 0.271 e. The van der Waals surface area contributed by atoms with Crippen molar-refractivity contribution < 1.29 is 14.5 Å². The second-order valence-corrected chi connectivity index (χ2v) is 5.51. The summed E-state index contributed by atoms with van der Waals surface area (Å²) in [6, 6.07) is 11.5. The minimum Gasteiger partial charge on any atom is -0.366 e. The van der Waals surface area contributed by atoms with E-state index in [4.69, 9.17) is 17.3 Å². The van der Waals surface area contributed by atoms with Crippen molar-refractivity contribution in [3.63, 3.8) is 0 Å². The van der Waals surface area contributed by atoms with Gasteiger partial charge in [-0.05, 0) is 18.2 Å². The number of halogens is 1. The predicted octanol–water partition coefficient (Wildman–Crippen LogP) is 2.81. The Labute approximate surface area is 158 Å². The molecule has 0 aromatic heterocycles. The van der Waals surface area contributed by atoms with Crippen LogP contribution in [0.2, 0.25) is 5.02 Å². The molecule has 0 saturated heterocycles. The van der Waals surface area contributed by atoms with E-state index in [9.17, 15) is 25.0 Å². The van der Waals surface area contributed by atoms with Crippen molar-refractivity contribution in [3.05, 3.63) is 74.9 Å². The SMILES string of the molecule is N#C/C(=C/Nc1ccccc1C(N)=O)C(=O)Nc1cc([N+](=O)[O-])ccc1Cl. The van der Waals surface area contributed by atoms with E-state index >= 15 is 0 Å². The summed E-state index contributed by atoms with van der Waals surface area (Å²) in [5.41, 5.74) is 5.09. The van der Waals surface area contributed by atoms with Gasteiger partial charge in [-0.2, -0.15) is 5.26 Å². The topological polar surface area (TPSA) is 151 Å². The first kappa shape index (κ1) is 19.4. The first-order valence-corrected chi connectivity index (χ1v) is 7.72. The van der Waals surface area contributed by atoms with Gasteiger partial charge in [0.25, 0.3) is 17.5 Å². The fourth-order valence-corrected chi connectivity index (χ4v) is 2.20. The van der Waals surface area contributed by atoms with Gasteiger partial charge in [0.2, 0.25) is 0 Å². The van der Waals surface area contributed by atoms with Gasteiger partial charge in [-0.1, -0.05) is 23.7 Å². The summed E-state index contributed by atoms with van der Waals surface area (Å²) in [6.07, 6.45) is 1.09. The lowest BCUT2D eigenvalue weighted by Crippen LogP contribution is -2.16. The molecule has 2 amide bonds. The predicted molar refractivity (Wildman–Crippen MR) is 99.0 cm³/mol. The molecule has 0 unspecified atom stereocenters. The molecule has 136 valence electrons. The summed E-state index contributed by atoms with van der Waals surface area (Å²) in [4.78, 5) is 33.8. The average Bonchev–Trinajstić information content (AvgIpc) is 2.64. The Kier molecular flexibility index (Phi) is 6.09. The third-order valence-corrected chi connectivity index (χ3v) is 3.67. The van der Waals surface area contributed by atoms with E-state index in [0.717, 1.165) is 12.3 Å². The van der Waals surface area contributed by atoms with E-state index in [1.807, 2.05) is 0 Å². The third-order valence-electron chi connectivity index (χ3n) is 3.34. The van der Waals surface area contributed by atoms with Gasteiger partial charge in [0.1, 0.15) is 11.6 Å². The molecular formula is C17H12ClN5O4. The summed E-state index contributed by atoms with van der Waals surface area (Å²) in [6.45, 7) is 0. The molecule has 0 saturated carbocycles. The number of anilines is 2. The Morgan fingerprint density at radius 1 is 1.22 bits per heavy atom. The summed E-state index contributed by atoms with van der Waals surface area (Å²) >= 11 is 5.91. The van der Waals surface area contributed by atoms with Crippen molar-refractivity contribution in [3.8, 4) is 6.07 Å². The maximum Gasteiger partial charge on any atom is 0.271 e. The lowest BCUT2D eigenvalue weighted by atomic mass is 10.1. The Morgan fingerprint density at radius 3 is 2.56 bits per heavy atom. The van der Waals surface area contributed by atoms with Crippen LogP contribution in [0.3, 0.4) is 0 Å². The van der Waals surface area contributed by atoms with Gasteiger partial charge in [-0.3, -0.25) is 19.7 Å². The Bertz CT molecular complexity index is 997. The second-order valence-electron chi connectivity index (χ2n) is 5.10. The largest absolute Gasteiger partial charge is 0.366 e. The van der Waals surface area contributed by atoms with Crippen molar-refractivity contribution in [1.29, 1.82) is 5.26 Å². The number of para-hydroxylation sites is 1. The van der Waals surface area contributed by atoms with Crippen LogP contribution in [0.25, 0.3) is 0 Å². The number of nitro groups is 1. The number of nitrogens with two attached hydrogens (primary N) is 1. The van der Waals surface area contributed by atoms with Crippen LogP contribution >= 0.6 is 11.6 Å². The Balaban J connectivity index is 2.23. The molecule has 10 heteroatoms. The van der Waals surface area contributed by atoms with E-state index in [2.05, 4.69) is 10.6 Å². The fraction of sp³-hybridized carbons (Fsp3) is 0. The van der Waals surface area contributed by atoms with Gasteiger partial charge < -0.3 is 16.4 Å². The highest BCUT2D eigenvalue weighted by Gasteiger charge is 2.15. The molecule has 4 N–H and O–H groups in total. The van der Waals surface area contributed by atoms with E-state index in [-0.39, 0.29) is 27.5 Å². The van der Waals surface area contributed by atoms with Gasteiger partial charge in [0, 0.05) is 18.3 Å². The molecule has 0 spiro atoms. The zero-order valence-electron chi connectivity index (χ0n) is 13.6. The third kappa shape index (κ3) is 4.81. The van der Waals surface area contributed by atoms with Gasteiger partial charge in [0.15, 0.2) is 0 Å². The number of primary amides is 1. The van der Waals surface area contributed by atoms with E-state index in [1.54, 1.807) is 24.3 Å². The quantitative estimate of drug-likeness (QED) is 0.301. The number of nitriles is 1. The van der Waals surface area contributed by atoms with Crippen molar-refractivity contribution in [1.82, 2.24) is 0 Å². The van der Waals surface area contributed by atoms with Gasteiger partial charge in [-0.25, -0.2) is 0 Å². The maximum atomic E-state index is 12.3. The molecule has 0 fully saturated rings. The first-order valence-electron chi connectivity index (χ1n) is 7.34. The normalized spacial score (nSPS) is 10.6. The van der Waals surface area contributed by atoms with E-state index in [0.29, 0.717) is 5.69 Å². The van der Waals surface area contributed by atoms with Crippen LogP contribution in [0, 0.1) is 21.4 Å². The van der Waals surface area contributed by atoms with Crippen LogP contribution in [0.5, 0.6) is 0 Å². The molecule has 0 heterocycles. The second kappa shape index (κ2) is 8.46. The number of rotatable bonds is 6. The number of amides is 2. The van der Waals surface area contributed by atoms with Crippen LogP contribution in [-0.4, -0.2) is 16.7 Å². The molecule has 27 heavy (non-hydrogen) atoms. The van der Waals surface area contributed by atoms with Crippen molar-refractivity contribution in [2.45, 2.75) is 0 Å². The zero-order valence-corrected chi connectivity index (χ0v) is 14.4. The Hall–Kier alpha value is -3.90. The zero-order chi connectivity index (χ0) is 20.0. The van der Waals surface area contributed by atoms with Crippen LogP contribution < -0.4 is 16.4 Å². The number of nitrogens with zero attached hydrogens (tertiary/aromatic N) is 2. The summed E-state index contributed by atoms with van der Waals surface area (Å²) in [7, 11) is 0. The van der Waals surface area contributed by atoms with Gasteiger partial charge >= 0.3 is 0 Å². The standard InChI is InChI=1S/C17H12ClN5O4/c18-13-6-5-11(23(26)27)7-15(13)22-17(25)10(8-19)9-21-14-4-2-1-3-12(14)16(20)24/h1-7,9,21H,(H2,20,24)(H,22,25)/b10-9-. The monoisotopic (exact) mass is 385 g/mol. The molecule has 0 radical (unpaired) electrons. The maximum absolute atomic E-state index is 12.3. The van der Waals surface area contributed by atoms with Crippen molar-refractivity contribution in [2.75, 3.05) is 10.6 Å². The fourth-order valence-electron chi connectivity index (χ4n) is 2.03. The van der Waals surface area contributed by atoms with Crippen LogP contribution in [-0.2, 0) is 4.79 Å². The summed E-state index contributed by atoms with van der Waals surface area (Å²) in [5, 5.41) is 25.1. The number of non-ortho nitro benzene ring substituents is 1. The Morgan fingerprint density at radius 2 is 1.93 bits per heavy atom. The highest BCUT2D eigenvalue weighted by molar-refractivity contribution is 6.34. The van der Waals surface area contributed by atoms with Gasteiger partial charge in [-0.15, -0.1) is 0 Å². The van der Waals surface area contributed by atoms with Crippen LogP contribution in [0.1, 0.15) is 10.4 Å². The molecule has 0 aliphatic heterocycles. The van der Waals surface area contributed by atoms with E-state index in [1.165, 1.54) is 18.2 Å². The van der Waals surface area contributed by atoms with E-state index < -0.39 is 16.7 Å². The molecule has 0 bridgehead atoms. The number of nitrogens with one attached hydrogen (secondary N) is 2. The molecule has 2 rings (SSSR count). The molecule has 0 atom stereocenters.